The second-order valence-corrected chi connectivity index (χ2v) is 12.5. The lowest BCUT2D eigenvalue weighted by molar-refractivity contribution is -0.123. The summed E-state index contributed by atoms with van der Waals surface area (Å²) in [6, 6.07) is 4.93. The quantitative estimate of drug-likeness (QED) is 0.525. The molecule has 2 amide bonds. The lowest BCUT2D eigenvalue weighted by Gasteiger charge is -2.44. The van der Waals surface area contributed by atoms with Crippen LogP contribution in [-0.4, -0.2) is 42.9 Å². The third-order valence-corrected chi connectivity index (χ3v) is 9.20. The van der Waals surface area contributed by atoms with Crippen LogP contribution in [-0.2, 0) is 15.1 Å². The van der Waals surface area contributed by atoms with Crippen molar-refractivity contribution in [3.8, 4) is 0 Å². The number of thiophene rings is 1. The molecule has 0 aromatic carbocycles. The van der Waals surface area contributed by atoms with E-state index in [1.165, 1.54) is 17.7 Å². The number of rotatable bonds is 8. The highest BCUT2D eigenvalue weighted by atomic mass is 32.1. The Hall–Kier alpha value is -1.40. The smallest absolute Gasteiger partial charge is 0.220 e. The second kappa shape index (κ2) is 11.4. The van der Waals surface area contributed by atoms with E-state index in [2.05, 4.69) is 67.9 Å². The fourth-order valence-electron chi connectivity index (χ4n) is 5.81. The van der Waals surface area contributed by atoms with Gasteiger partial charge < -0.3 is 10.6 Å². The molecule has 186 valence electrons. The van der Waals surface area contributed by atoms with Crippen molar-refractivity contribution in [2.75, 3.05) is 14.1 Å². The molecule has 0 bridgehead atoms. The Morgan fingerprint density at radius 2 is 1.52 bits per heavy atom. The molecule has 0 radical (unpaired) electrons. The molecule has 2 N–H and O–H groups in total. The summed E-state index contributed by atoms with van der Waals surface area (Å²) in [5.74, 6) is 0.945. The summed E-state index contributed by atoms with van der Waals surface area (Å²) in [6.45, 7) is 6.95. The molecule has 2 aliphatic carbocycles. The van der Waals surface area contributed by atoms with Gasteiger partial charge in [-0.05, 0) is 94.7 Å². The molecule has 0 saturated heterocycles. The molecule has 6 heteroatoms. The van der Waals surface area contributed by atoms with E-state index in [-0.39, 0.29) is 23.4 Å². The fraction of sp³-hybridized carbons (Fsp3) is 0.778. The minimum Gasteiger partial charge on any atom is -0.353 e. The van der Waals surface area contributed by atoms with Gasteiger partial charge in [0, 0.05) is 29.8 Å². The van der Waals surface area contributed by atoms with E-state index in [1.54, 1.807) is 0 Å². The number of hydrogen-bond acceptors (Lipinski definition) is 4. The number of amides is 2. The number of carbonyl (C=O) groups is 2. The molecular weight excluding hydrogens is 430 g/mol. The van der Waals surface area contributed by atoms with Crippen molar-refractivity contribution in [3.63, 3.8) is 0 Å². The van der Waals surface area contributed by atoms with Gasteiger partial charge in [-0.15, -0.1) is 11.3 Å². The first-order valence-corrected chi connectivity index (χ1v) is 13.8. The summed E-state index contributed by atoms with van der Waals surface area (Å²) in [7, 11) is 4.33. The van der Waals surface area contributed by atoms with Crippen LogP contribution in [0.5, 0.6) is 0 Å². The Morgan fingerprint density at radius 1 is 0.970 bits per heavy atom. The zero-order chi connectivity index (χ0) is 24.1. The minimum atomic E-state index is 0.0898. The average molecular weight is 476 g/mol. The van der Waals surface area contributed by atoms with E-state index >= 15 is 0 Å². The van der Waals surface area contributed by atoms with E-state index in [0.717, 1.165) is 44.4 Å². The van der Waals surface area contributed by atoms with Gasteiger partial charge in [0.05, 0.1) is 5.54 Å². The summed E-state index contributed by atoms with van der Waals surface area (Å²) in [5.41, 5.74) is 0.456. The van der Waals surface area contributed by atoms with E-state index in [9.17, 15) is 9.59 Å². The average Bonchev–Trinajstić information content (AvgIpc) is 3.29. The predicted molar refractivity (Wildman–Crippen MR) is 137 cm³/mol. The molecule has 3 rings (SSSR count). The summed E-state index contributed by atoms with van der Waals surface area (Å²) in [4.78, 5) is 28.6. The molecule has 1 aromatic rings. The summed E-state index contributed by atoms with van der Waals surface area (Å²) < 4.78 is 0. The van der Waals surface area contributed by atoms with Gasteiger partial charge in [-0.25, -0.2) is 0 Å². The normalized spacial score (nSPS) is 28.5. The van der Waals surface area contributed by atoms with Crippen LogP contribution in [0.3, 0.4) is 0 Å². The highest BCUT2D eigenvalue weighted by molar-refractivity contribution is 7.10. The maximum Gasteiger partial charge on any atom is 0.220 e. The van der Waals surface area contributed by atoms with Gasteiger partial charge in [0.2, 0.25) is 11.8 Å². The molecule has 1 heterocycles. The Kier molecular flexibility index (Phi) is 9.02. The molecule has 2 saturated carbocycles. The molecule has 5 nitrogen and oxygen atoms in total. The van der Waals surface area contributed by atoms with Crippen LogP contribution in [0.2, 0.25) is 0 Å². The summed E-state index contributed by atoms with van der Waals surface area (Å²) in [5, 5.41) is 8.59. The Bertz CT molecular complexity index is 753. The molecule has 0 spiro atoms. The Labute approximate surface area is 205 Å². The van der Waals surface area contributed by atoms with Crippen LogP contribution in [0, 0.1) is 11.3 Å². The lowest BCUT2D eigenvalue weighted by Crippen LogP contribution is -2.48. The maximum absolute atomic E-state index is 12.5. The van der Waals surface area contributed by atoms with E-state index in [0.29, 0.717) is 30.7 Å². The van der Waals surface area contributed by atoms with Gasteiger partial charge in [-0.1, -0.05) is 26.8 Å². The molecule has 1 aromatic heterocycles. The number of nitrogens with zero attached hydrogens (tertiary/aromatic N) is 1. The Morgan fingerprint density at radius 3 is 1.97 bits per heavy atom. The lowest BCUT2D eigenvalue weighted by atomic mass is 9.71. The first-order valence-electron chi connectivity index (χ1n) is 12.9. The van der Waals surface area contributed by atoms with E-state index in [4.69, 9.17) is 0 Å². The second-order valence-electron chi connectivity index (χ2n) is 11.6. The molecule has 2 aliphatic rings. The van der Waals surface area contributed by atoms with Gasteiger partial charge in [0.15, 0.2) is 0 Å². The highest BCUT2D eigenvalue weighted by Gasteiger charge is 2.39. The largest absolute Gasteiger partial charge is 0.353 e. The van der Waals surface area contributed by atoms with Crippen LogP contribution in [0.25, 0.3) is 0 Å². The zero-order valence-electron chi connectivity index (χ0n) is 21.4. The predicted octanol–water partition coefficient (Wildman–Crippen LogP) is 5.46. The summed E-state index contributed by atoms with van der Waals surface area (Å²) in [6.07, 6.45) is 10.2. The van der Waals surface area contributed by atoms with Crippen LogP contribution < -0.4 is 10.6 Å². The monoisotopic (exact) mass is 475 g/mol. The van der Waals surface area contributed by atoms with Crippen LogP contribution >= 0.6 is 11.3 Å². The van der Waals surface area contributed by atoms with Crippen LogP contribution in [0.15, 0.2) is 17.5 Å². The van der Waals surface area contributed by atoms with Crippen molar-refractivity contribution in [3.05, 3.63) is 22.4 Å². The third kappa shape index (κ3) is 7.05. The van der Waals surface area contributed by atoms with Crippen molar-refractivity contribution in [2.45, 2.75) is 109 Å². The van der Waals surface area contributed by atoms with Crippen LogP contribution in [0.4, 0.5) is 0 Å². The zero-order valence-corrected chi connectivity index (χ0v) is 22.2. The van der Waals surface area contributed by atoms with Crippen molar-refractivity contribution >= 4 is 23.2 Å². The molecule has 0 atom stereocenters. The van der Waals surface area contributed by atoms with Gasteiger partial charge >= 0.3 is 0 Å². The highest BCUT2D eigenvalue weighted by Crippen LogP contribution is 2.43. The minimum absolute atomic E-state index is 0.0898. The Balaban J connectivity index is 1.32. The molecule has 0 unspecified atom stereocenters. The number of hydrogen-bond donors (Lipinski definition) is 2. The number of nitrogens with one attached hydrogen (secondary N) is 2. The molecular formula is C27H45N3O2S. The van der Waals surface area contributed by atoms with Crippen molar-refractivity contribution in [2.24, 2.45) is 11.3 Å². The number of carbonyl (C=O) groups excluding carboxylic acids is 2. The van der Waals surface area contributed by atoms with E-state index < -0.39 is 0 Å². The molecule has 33 heavy (non-hydrogen) atoms. The van der Waals surface area contributed by atoms with Crippen molar-refractivity contribution in [1.82, 2.24) is 15.5 Å². The standard InChI is InChI=1S/C27H45N3O2S/c1-26(2,3)20-11-13-21(14-12-20)28-24(31)9-6-10-25(32)29-22-15-17-27(18-16-22,30(4)5)23-8-7-19-33-23/h7-8,19-22H,6,9-18H2,1-5H3,(H,28,31)(H,29,32). The van der Waals surface area contributed by atoms with Crippen molar-refractivity contribution in [1.29, 1.82) is 0 Å². The first kappa shape index (κ1) is 26.2. The summed E-state index contributed by atoms with van der Waals surface area (Å²) >= 11 is 1.83. The SMILES string of the molecule is CN(C)C1(c2cccs2)CCC(NC(=O)CCCC(=O)NC2CCC(C(C)(C)C)CC2)CC1. The topological polar surface area (TPSA) is 61.4 Å². The van der Waals surface area contributed by atoms with Crippen LogP contribution in [0.1, 0.15) is 96.3 Å². The van der Waals surface area contributed by atoms with Gasteiger partial charge in [-0.3, -0.25) is 14.5 Å². The van der Waals surface area contributed by atoms with Gasteiger partial charge in [0.1, 0.15) is 0 Å². The third-order valence-electron chi connectivity index (χ3n) is 8.14. The fourth-order valence-corrected chi connectivity index (χ4v) is 6.88. The maximum atomic E-state index is 12.5. The van der Waals surface area contributed by atoms with Crippen molar-refractivity contribution < 1.29 is 9.59 Å². The van der Waals surface area contributed by atoms with Gasteiger partial charge in [-0.2, -0.15) is 0 Å². The first-order chi connectivity index (χ1) is 15.6. The van der Waals surface area contributed by atoms with E-state index in [1.807, 2.05) is 11.3 Å². The molecule has 0 aliphatic heterocycles. The van der Waals surface area contributed by atoms with Gasteiger partial charge in [0.25, 0.3) is 0 Å². The molecule has 2 fully saturated rings.